The van der Waals surface area contributed by atoms with E-state index in [-0.39, 0.29) is 36.8 Å². The van der Waals surface area contributed by atoms with Crippen LogP contribution in [0.1, 0.15) is 45.2 Å². The van der Waals surface area contributed by atoms with Gasteiger partial charge in [-0.25, -0.2) is 4.39 Å². The normalized spacial score (nSPS) is 20.7. The van der Waals surface area contributed by atoms with Gasteiger partial charge in [0.1, 0.15) is 36.6 Å². The van der Waals surface area contributed by atoms with Crippen LogP contribution in [0.25, 0.3) is 0 Å². The summed E-state index contributed by atoms with van der Waals surface area (Å²) in [5, 5.41) is 8.68. The van der Waals surface area contributed by atoms with E-state index in [1.807, 2.05) is 51.1 Å². The molecule has 7 N–H and O–H groups in total. The number of aliphatic imine (C=N–C) groups is 1. The van der Waals surface area contributed by atoms with Crippen LogP contribution in [0.15, 0.2) is 53.5 Å². The molecule has 3 rings (SSSR count). The van der Waals surface area contributed by atoms with Gasteiger partial charge in [0.05, 0.1) is 6.54 Å². The minimum atomic E-state index is -0.807. The highest BCUT2D eigenvalue weighted by Gasteiger charge is 2.20. The molecule has 1 aliphatic heterocycles. The number of fused-ring (bicyclic) bond motifs is 1. The number of carbonyl (C=O) groups is 2. The first-order valence-electron chi connectivity index (χ1n) is 13.8. The molecule has 0 radical (unpaired) electrons. The quantitative estimate of drug-likeness (QED) is 0.364. The Hall–Kier alpha value is -3.50. The summed E-state index contributed by atoms with van der Waals surface area (Å²) < 4.78 is 18.2. The van der Waals surface area contributed by atoms with Crippen molar-refractivity contribution >= 4 is 17.6 Å². The van der Waals surface area contributed by atoms with Crippen molar-refractivity contribution in [3.8, 4) is 5.75 Å². The van der Waals surface area contributed by atoms with Crippen molar-refractivity contribution in [2.75, 3.05) is 32.8 Å². The van der Waals surface area contributed by atoms with Crippen molar-refractivity contribution < 1.29 is 18.7 Å². The number of para-hydroxylation sites is 1. The predicted octanol–water partition coefficient (Wildman–Crippen LogP) is 2.70. The monoisotopic (exact) mass is 558 g/mol. The van der Waals surface area contributed by atoms with Gasteiger partial charge in [0.15, 0.2) is 0 Å². The fourth-order valence-corrected chi connectivity index (χ4v) is 3.52. The van der Waals surface area contributed by atoms with Gasteiger partial charge in [-0.3, -0.25) is 14.6 Å². The Kier molecular flexibility index (Phi) is 16.9. The molecule has 0 aromatic heterocycles. The summed E-state index contributed by atoms with van der Waals surface area (Å²) in [4.78, 5) is 28.5. The molecule has 0 saturated heterocycles. The highest BCUT2D eigenvalue weighted by Crippen LogP contribution is 2.21. The van der Waals surface area contributed by atoms with Crippen LogP contribution in [0.5, 0.6) is 5.75 Å². The Morgan fingerprint density at radius 3 is 2.42 bits per heavy atom. The fourth-order valence-electron chi connectivity index (χ4n) is 3.52. The largest absolute Gasteiger partial charge is 0.492 e. The fraction of sp³-hybridized carbons (Fsp3) is 0.500. The highest BCUT2D eigenvalue weighted by atomic mass is 19.1. The molecule has 3 atom stereocenters. The van der Waals surface area contributed by atoms with E-state index in [9.17, 15) is 14.0 Å². The number of nitrogens with two attached hydrogens (primary N) is 2. The van der Waals surface area contributed by atoms with Crippen LogP contribution < -0.4 is 32.2 Å². The third kappa shape index (κ3) is 14.6. The standard InChI is InChI=1S/C20H32N6O3.C7H7F.C3H8/c1-13-7-15-5-3-4-6-17(15)29-12-14(2)23-10-18(22)24-11-19(27)26-16(8-21)20(28)25-9-13;1-6-3-2-4-7(8)5-6;1-3-2/h3-6,13-14,16,23H,7-12,21H2,1-2H3,(H2,22,24)(H,25,28)(H,26,27);2-5H,1H3;3H2,1-2H3/t13?,14-,16?;;/m0../s1. The van der Waals surface area contributed by atoms with Gasteiger partial charge in [0.25, 0.3) is 0 Å². The summed E-state index contributed by atoms with van der Waals surface area (Å²) >= 11 is 0. The summed E-state index contributed by atoms with van der Waals surface area (Å²) in [6, 6.07) is 13.6. The van der Waals surface area contributed by atoms with Gasteiger partial charge < -0.3 is 32.2 Å². The molecule has 222 valence electrons. The van der Waals surface area contributed by atoms with E-state index in [0.717, 1.165) is 23.3 Å². The zero-order valence-electron chi connectivity index (χ0n) is 24.5. The van der Waals surface area contributed by atoms with E-state index in [4.69, 9.17) is 16.2 Å². The Morgan fingerprint density at radius 2 is 1.80 bits per heavy atom. The van der Waals surface area contributed by atoms with Gasteiger partial charge in [0, 0.05) is 19.1 Å². The van der Waals surface area contributed by atoms with Crippen molar-refractivity contribution in [1.82, 2.24) is 16.0 Å². The second-order valence-electron chi connectivity index (χ2n) is 9.92. The highest BCUT2D eigenvalue weighted by molar-refractivity contribution is 5.90. The Morgan fingerprint density at radius 1 is 1.10 bits per heavy atom. The summed E-state index contributed by atoms with van der Waals surface area (Å²) in [6.07, 6.45) is 2.00. The average molecular weight is 559 g/mol. The van der Waals surface area contributed by atoms with Crippen LogP contribution in [0.4, 0.5) is 4.39 Å². The number of hydrogen-bond donors (Lipinski definition) is 5. The number of amidine groups is 1. The molecule has 0 spiro atoms. The number of carbonyl (C=O) groups excluding carboxylic acids is 2. The van der Waals surface area contributed by atoms with Crippen LogP contribution in [-0.4, -0.2) is 62.5 Å². The SMILES string of the molecule is CC1CNC(=O)C(CN)NC(=O)CN=C(N)CN[C@@H](C)COc2ccccc2C1.CCC.Cc1cccc(F)c1. The van der Waals surface area contributed by atoms with E-state index < -0.39 is 11.9 Å². The third-order valence-corrected chi connectivity index (χ3v) is 5.58. The second-order valence-corrected chi connectivity index (χ2v) is 9.92. The predicted molar refractivity (Wildman–Crippen MR) is 160 cm³/mol. The van der Waals surface area contributed by atoms with Gasteiger partial charge in [-0.2, -0.15) is 0 Å². The maximum Gasteiger partial charge on any atom is 0.243 e. The number of ether oxygens (including phenoxy) is 1. The molecule has 2 aromatic rings. The third-order valence-electron chi connectivity index (χ3n) is 5.58. The van der Waals surface area contributed by atoms with Gasteiger partial charge in [-0.1, -0.05) is 57.5 Å². The molecule has 0 saturated carbocycles. The van der Waals surface area contributed by atoms with Crippen LogP contribution in [0.2, 0.25) is 0 Å². The molecule has 9 nitrogen and oxygen atoms in total. The first-order chi connectivity index (χ1) is 19.1. The summed E-state index contributed by atoms with van der Waals surface area (Å²) in [6.45, 7) is 11.3. The van der Waals surface area contributed by atoms with Crippen molar-refractivity contribution in [2.45, 2.75) is 59.5 Å². The van der Waals surface area contributed by atoms with Gasteiger partial charge in [-0.15, -0.1) is 0 Å². The maximum absolute atomic E-state index is 12.4. The molecular formula is C30H47FN6O3. The Labute approximate surface area is 238 Å². The number of rotatable bonds is 1. The molecule has 0 aliphatic carbocycles. The van der Waals surface area contributed by atoms with Crippen LogP contribution in [0, 0.1) is 18.7 Å². The molecule has 1 heterocycles. The van der Waals surface area contributed by atoms with E-state index in [1.54, 1.807) is 6.07 Å². The molecular weight excluding hydrogens is 511 g/mol. The zero-order chi connectivity index (χ0) is 29.9. The number of nitrogens with one attached hydrogen (secondary N) is 3. The lowest BCUT2D eigenvalue weighted by Gasteiger charge is -2.20. The Balaban J connectivity index is 0.000000606. The number of aryl methyl sites for hydroxylation is 1. The molecule has 2 amide bonds. The number of hydrogen-bond acceptors (Lipinski definition) is 7. The smallest absolute Gasteiger partial charge is 0.243 e. The zero-order valence-corrected chi connectivity index (χ0v) is 24.5. The van der Waals surface area contributed by atoms with Crippen molar-refractivity contribution in [3.05, 3.63) is 65.5 Å². The lowest BCUT2D eigenvalue weighted by molar-refractivity contribution is -0.128. The molecule has 0 fully saturated rings. The van der Waals surface area contributed by atoms with Gasteiger partial charge in [0.2, 0.25) is 11.8 Å². The average Bonchev–Trinajstić information content (AvgIpc) is 2.92. The van der Waals surface area contributed by atoms with Crippen molar-refractivity contribution in [1.29, 1.82) is 0 Å². The topological polar surface area (TPSA) is 144 Å². The number of amides is 2. The second kappa shape index (κ2) is 19.5. The minimum absolute atomic E-state index is 0.000887. The van der Waals surface area contributed by atoms with Crippen LogP contribution >= 0.6 is 0 Å². The lowest BCUT2D eigenvalue weighted by atomic mass is 10.00. The van der Waals surface area contributed by atoms with Crippen molar-refractivity contribution in [3.63, 3.8) is 0 Å². The molecule has 0 bridgehead atoms. The van der Waals surface area contributed by atoms with E-state index in [0.29, 0.717) is 25.5 Å². The van der Waals surface area contributed by atoms with E-state index in [2.05, 4.69) is 34.8 Å². The number of halogens is 1. The van der Waals surface area contributed by atoms with Gasteiger partial charge in [-0.05, 0) is 55.5 Å². The van der Waals surface area contributed by atoms with E-state index >= 15 is 0 Å². The summed E-state index contributed by atoms with van der Waals surface area (Å²) in [5.74, 6) is 0.427. The van der Waals surface area contributed by atoms with Crippen molar-refractivity contribution in [2.24, 2.45) is 22.4 Å². The Bertz CT molecular complexity index is 1050. The number of nitrogens with zero attached hydrogens (tertiary/aromatic N) is 1. The molecule has 2 unspecified atom stereocenters. The van der Waals surface area contributed by atoms with Gasteiger partial charge >= 0.3 is 0 Å². The summed E-state index contributed by atoms with van der Waals surface area (Å²) in [5.41, 5.74) is 13.6. The lowest BCUT2D eigenvalue weighted by Crippen LogP contribution is -2.52. The molecule has 2 aromatic carbocycles. The van der Waals surface area contributed by atoms with Crippen LogP contribution in [0.3, 0.4) is 0 Å². The maximum atomic E-state index is 12.4. The summed E-state index contributed by atoms with van der Waals surface area (Å²) in [7, 11) is 0. The number of benzene rings is 2. The first-order valence-corrected chi connectivity index (χ1v) is 13.8. The first kappa shape index (κ1) is 34.5. The van der Waals surface area contributed by atoms with Crippen LogP contribution in [-0.2, 0) is 16.0 Å². The molecule has 10 heteroatoms. The minimum Gasteiger partial charge on any atom is -0.492 e. The molecule has 40 heavy (non-hydrogen) atoms. The van der Waals surface area contributed by atoms with E-state index in [1.165, 1.54) is 18.6 Å². The molecule has 1 aliphatic rings.